The third kappa shape index (κ3) is 39.3. The molecule has 0 fully saturated rings. The normalized spacial score (nSPS) is 12.3. The van der Waals surface area contributed by atoms with Gasteiger partial charge in [-0.2, -0.15) is 0 Å². The molecule has 0 rings (SSSR count). The summed E-state index contributed by atoms with van der Waals surface area (Å²) in [4.78, 5) is 12.0. The molecule has 0 radical (unpaired) electrons. The second-order valence-electron chi connectivity index (χ2n) is 14.6. The first-order valence-corrected chi connectivity index (χ1v) is 21.0. The average Bonchev–Trinajstić information content (AvgIpc) is 3.05. The van der Waals surface area contributed by atoms with E-state index in [0.29, 0.717) is 13.0 Å². The number of allylic oxidation sites excluding steroid dienone is 2. The molecule has 268 valence electrons. The molecule has 0 heterocycles. The number of hydrogen-bond donors (Lipinski definition) is 0. The van der Waals surface area contributed by atoms with Crippen molar-refractivity contribution >= 4 is 5.97 Å². The number of hydrogen-bond acceptors (Lipinski definition) is 2. The van der Waals surface area contributed by atoms with Gasteiger partial charge in [0.25, 0.3) is 0 Å². The minimum atomic E-state index is 0.0255. The van der Waals surface area contributed by atoms with Crippen molar-refractivity contribution in [3.05, 3.63) is 12.2 Å². The molecule has 0 spiro atoms. The molecule has 0 N–H and O–H groups in total. The first-order chi connectivity index (χ1) is 22.2. The van der Waals surface area contributed by atoms with Crippen LogP contribution in [0.15, 0.2) is 12.2 Å². The van der Waals surface area contributed by atoms with Crippen molar-refractivity contribution in [3.63, 3.8) is 0 Å². The zero-order valence-corrected chi connectivity index (χ0v) is 31.5. The fourth-order valence-corrected chi connectivity index (χ4v) is 6.40. The maximum absolute atomic E-state index is 12.0. The second-order valence-corrected chi connectivity index (χ2v) is 14.6. The van der Waals surface area contributed by atoms with Gasteiger partial charge in [-0.15, -0.1) is 0 Å². The van der Waals surface area contributed by atoms with Gasteiger partial charge in [-0.25, -0.2) is 0 Å². The minimum absolute atomic E-state index is 0.0255. The molecule has 0 bridgehead atoms. The lowest BCUT2D eigenvalue weighted by molar-refractivity contribution is -0.143. The summed E-state index contributed by atoms with van der Waals surface area (Å²) in [5, 5.41) is 0. The molecule has 1 atom stereocenters. The smallest absolute Gasteiger partial charge is 0.305 e. The first-order valence-electron chi connectivity index (χ1n) is 21.0. The Kier molecular flexibility index (Phi) is 38.7. The molecule has 2 nitrogen and oxygen atoms in total. The summed E-state index contributed by atoms with van der Waals surface area (Å²) in [5.74, 6) is 0.956. The Hall–Kier alpha value is -0.790. The molecule has 0 saturated carbocycles. The summed E-state index contributed by atoms with van der Waals surface area (Å²) < 4.78 is 5.47. The lowest BCUT2D eigenvalue weighted by Gasteiger charge is -2.07. The number of esters is 1. The molecule has 45 heavy (non-hydrogen) atoms. The number of carbonyl (C=O) groups excluding carboxylic acids is 1. The summed E-state index contributed by atoms with van der Waals surface area (Å²) >= 11 is 0. The van der Waals surface area contributed by atoms with E-state index in [2.05, 4.69) is 32.9 Å². The van der Waals surface area contributed by atoms with Crippen LogP contribution in [0, 0.1) is 5.92 Å². The van der Waals surface area contributed by atoms with Crippen LogP contribution >= 0.6 is 0 Å². The highest BCUT2D eigenvalue weighted by Gasteiger charge is 2.03. The monoisotopic (exact) mass is 633 g/mol. The third-order valence-electron chi connectivity index (χ3n) is 9.94. The van der Waals surface area contributed by atoms with Gasteiger partial charge in [0, 0.05) is 6.42 Å². The van der Waals surface area contributed by atoms with Crippen LogP contribution in [0.25, 0.3) is 0 Å². The van der Waals surface area contributed by atoms with Gasteiger partial charge in [-0.3, -0.25) is 4.79 Å². The van der Waals surface area contributed by atoms with Gasteiger partial charge in [-0.05, 0) is 44.4 Å². The molecule has 0 aliphatic carbocycles. The van der Waals surface area contributed by atoms with Gasteiger partial charge in [-0.1, -0.05) is 213 Å². The molecular weight excluding hydrogens is 548 g/mol. The van der Waals surface area contributed by atoms with Crippen LogP contribution in [-0.4, -0.2) is 12.6 Å². The van der Waals surface area contributed by atoms with Crippen molar-refractivity contribution < 1.29 is 9.53 Å². The molecule has 0 aromatic carbocycles. The topological polar surface area (TPSA) is 26.3 Å². The van der Waals surface area contributed by atoms with Crippen LogP contribution in [0.1, 0.15) is 245 Å². The van der Waals surface area contributed by atoms with Crippen molar-refractivity contribution in [2.24, 2.45) is 5.92 Å². The number of rotatable bonds is 38. The van der Waals surface area contributed by atoms with Gasteiger partial charge in [0.2, 0.25) is 0 Å². The van der Waals surface area contributed by atoms with E-state index in [4.69, 9.17) is 4.74 Å². The second kappa shape index (κ2) is 39.4. The molecule has 0 aromatic rings. The first kappa shape index (κ1) is 44.2. The molecule has 0 amide bonds. The van der Waals surface area contributed by atoms with Crippen LogP contribution in [-0.2, 0) is 9.53 Å². The SMILES string of the molecule is CCCCCCC=CCCCCCCCCCCCC(=O)OCCCCCCCCCCCCCCCCCCCC(C)CC. The van der Waals surface area contributed by atoms with Gasteiger partial charge >= 0.3 is 5.97 Å². The Bertz CT molecular complexity index is 582. The largest absolute Gasteiger partial charge is 0.466 e. The fourth-order valence-electron chi connectivity index (χ4n) is 6.40. The van der Waals surface area contributed by atoms with Gasteiger partial charge < -0.3 is 4.74 Å². The highest BCUT2D eigenvalue weighted by Crippen LogP contribution is 2.17. The maximum atomic E-state index is 12.0. The Labute approximate surface area is 285 Å². The van der Waals surface area contributed by atoms with E-state index in [1.165, 1.54) is 205 Å². The van der Waals surface area contributed by atoms with E-state index in [1.54, 1.807) is 0 Å². The minimum Gasteiger partial charge on any atom is -0.466 e. The number of unbranched alkanes of at least 4 members (excludes halogenated alkanes) is 29. The van der Waals surface area contributed by atoms with Crippen molar-refractivity contribution in [2.75, 3.05) is 6.61 Å². The van der Waals surface area contributed by atoms with Crippen molar-refractivity contribution in [1.29, 1.82) is 0 Å². The average molecular weight is 633 g/mol. The molecule has 0 aliphatic rings. The third-order valence-corrected chi connectivity index (χ3v) is 9.94. The highest BCUT2D eigenvalue weighted by atomic mass is 16.5. The van der Waals surface area contributed by atoms with Crippen molar-refractivity contribution in [3.8, 4) is 0 Å². The van der Waals surface area contributed by atoms with E-state index >= 15 is 0 Å². The predicted molar refractivity (Wildman–Crippen MR) is 202 cm³/mol. The zero-order valence-electron chi connectivity index (χ0n) is 31.5. The maximum Gasteiger partial charge on any atom is 0.305 e. The van der Waals surface area contributed by atoms with E-state index in [-0.39, 0.29) is 5.97 Å². The highest BCUT2D eigenvalue weighted by molar-refractivity contribution is 5.69. The standard InChI is InChI=1S/C43H84O2/c1-4-6-7-8-9-10-11-12-13-15-19-22-25-28-31-34-37-40-43(44)45-41-38-35-32-29-26-23-20-17-14-16-18-21-24-27-30-33-36-39-42(3)5-2/h10-11,42H,4-9,12-41H2,1-3H3. The quantitative estimate of drug-likeness (QED) is 0.0384. The molecule has 0 saturated heterocycles. The molecule has 2 heteroatoms. The molecule has 1 unspecified atom stereocenters. The summed E-state index contributed by atoms with van der Waals surface area (Å²) in [7, 11) is 0. The summed E-state index contributed by atoms with van der Waals surface area (Å²) in [5.41, 5.74) is 0. The Morgan fingerprint density at radius 3 is 1.24 bits per heavy atom. The number of ether oxygens (including phenoxy) is 1. The Morgan fingerprint density at radius 2 is 0.822 bits per heavy atom. The van der Waals surface area contributed by atoms with Gasteiger partial charge in [0.1, 0.15) is 0 Å². The van der Waals surface area contributed by atoms with E-state index < -0.39 is 0 Å². The van der Waals surface area contributed by atoms with Gasteiger partial charge in [0.05, 0.1) is 6.61 Å². The van der Waals surface area contributed by atoms with Crippen molar-refractivity contribution in [1.82, 2.24) is 0 Å². The molecular formula is C43H84O2. The van der Waals surface area contributed by atoms with Crippen LogP contribution in [0.3, 0.4) is 0 Å². The fraction of sp³-hybridized carbons (Fsp3) is 0.930. The molecule has 0 aromatic heterocycles. The van der Waals surface area contributed by atoms with E-state index in [1.807, 2.05) is 0 Å². The van der Waals surface area contributed by atoms with Gasteiger partial charge in [0.15, 0.2) is 0 Å². The van der Waals surface area contributed by atoms with Crippen LogP contribution < -0.4 is 0 Å². The van der Waals surface area contributed by atoms with Crippen LogP contribution in [0.5, 0.6) is 0 Å². The zero-order chi connectivity index (χ0) is 32.7. The van der Waals surface area contributed by atoms with Crippen LogP contribution in [0.4, 0.5) is 0 Å². The van der Waals surface area contributed by atoms with E-state index in [0.717, 1.165) is 18.8 Å². The van der Waals surface area contributed by atoms with Crippen molar-refractivity contribution in [2.45, 2.75) is 245 Å². The summed E-state index contributed by atoms with van der Waals surface area (Å²) in [6, 6.07) is 0. The predicted octanol–water partition coefficient (Wildman–Crippen LogP) is 15.4. The lowest BCUT2D eigenvalue weighted by atomic mass is 9.99. The number of carbonyl (C=O) groups is 1. The summed E-state index contributed by atoms with van der Waals surface area (Å²) in [6.07, 6.45) is 51.5. The van der Waals surface area contributed by atoms with Crippen LogP contribution in [0.2, 0.25) is 0 Å². The lowest BCUT2D eigenvalue weighted by Crippen LogP contribution is -2.05. The Balaban J connectivity index is 3.18. The van der Waals surface area contributed by atoms with E-state index in [9.17, 15) is 4.79 Å². The summed E-state index contributed by atoms with van der Waals surface area (Å²) in [6.45, 7) is 7.62. The Morgan fingerprint density at radius 1 is 0.467 bits per heavy atom. The molecule has 0 aliphatic heterocycles.